The van der Waals surface area contributed by atoms with Crippen molar-refractivity contribution < 1.29 is 34.0 Å². The van der Waals surface area contributed by atoms with Gasteiger partial charge in [-0.15, -0.1) is 0 Å². The zero-order valence-electron chi connectivity index (χ0n) is 17.1. The smallest absolute Gasteiger partial charge is 0.187 e. The van der Waals surface area contributed by atoms with Gasteiger partial charge in [-0.2, -0.15) is 0 Å². The summed E-state index contributed by atoms with van der Waals surface area (Å²) in [5.41, 5.74) is -0.462. The molecule has 0 aromatic heterocycles. The van der Waals surface area contributed by atoms with E-state index < -0.39 is 23.4 Å². The molecular weight excluding hydrogens is 548 g/mol. The number of ether oxygens (including phenoxy) is 4. The van der Waals surface area contributed by atoms with Gasteiger partial charge in [0.15, 0.2) is 18.4 Å². The highest BCUT2D eigenvalue weighted by atomic mass is 79.9. The fourth-order valence-corrected chi connectivity index (χ4v) is 5.48. The van der Waals surface area contributed by atoms with Crippen LogP contribution in [-0.4, -0.2) is 42.4 Å². The van der Waals surface area contributed by atoms with Crippen molar-refractivity contribution in [3.8, 4) is 11.5 Å². The molecule has 3 aliphatic rings. The lowest BCUT2D eigenvalue weighted by molar-refractivity contribution is -0.241. The summed E-state index contributed by atoms with van der Waals surface area (Å²) in [5.74, 6) is 0.192. The van der Waals surface area contributed by atoms with Gasteiger partial charge in [0.1, 0.15) is 11.5 Å². The monoisotopic (exact) mass is 568 g/mol. The molecule has 1 saturated carbocycles. The number of hydrogen-bond donors (Lipinski definition) is 2. The Hall–Kier alpha value is -1.49. The van der Waals surface area contributed by atoms with Crippen LogP contribution in [0.2, 0.25) is 0 Å². The van der Waals surface area contributed by atoms with Gasteiger partial charge in [-0.3, -0.25) is 4.79 Å². The molecule has 2 heterocycles. The highest BCUT2D eigenvalue weighted by Gasteiger charge is 2.60. The van der Waals surface area contributed by atoms with E-state index in [0.29, 0.717) is 24.0 Å². The average molecular weight is 570 g/mol. The fourth-order valence-electron chi connectivity index (χ4n) is 4.73. The Kier molecular flexibility index (Phi) is 5.84. The highest BCUT2D eigenvalue weighted by Crippen LogP contribution is 2.52. The maximum absolute atomic E-state index is 13.6. The Morgan fingerprint density at radius 2 is 1.09 bits per heavy atom. The summed E-state index contributed by atoms with van der Waals surface area (Å²) in [5, 5.41) is 20.3. The number of halogens is 2. The van der Waals surface area contributed by atoms with E-state index in [-0.39, 0.29) is 43.7 Å². The van der Waals surface area contributed by atoms with Gasteiger partial charge in [-0.25, -0.2) is 0 Å². The van der Waals surface area contributed by atoms with Crippen LogP contribution in [0.3, 0.4) is 0 Å². The molecule has 9 heteroatoms. The zero-order chi connectivity index (χ0) is 22.5. The van der Waals surface area contributed by atoms with E-state index in [1.807, 2.05) is 0 Å². The Balaban J connectivity index is 1.27. The van der Waals surface area contributed by atoms with E-state index in [1.54, 1.807) is 36.4 Å². The predicted molar refractivity (Wildman–Crippen MR) is 120 cm³/mol. The minimum Gasteiger partial charge on any atom is -0.507 e. The first-order valence-corrected chi connectivity index (χ1v) is 11.9. The van der Waals surface area contributed by atoms with Gasteiger partial charge < -0.3 is 29.2 Å². The predicted octanol–water partition coefficient (Wildman–Crippen LogP) is 4.75. The molecule has 2 aromatic rings. The number of ketones is 1. The van der Waals surface area contributed by atoms with Crippen LogP contribution in [-0.2, 0) is 23.7 Å². The maximum Gasteiger partial charge on any atom is 0.187 e. The van der Waals surface area contributed by atoms with E-state index in [2.05, 4.69) is 31.9 Å². The lowest BCUT2D eigenvalue weighted by Crippen LogP contribution is -2.50. The Morgan fingerprint density at radius 1 is 0.719 bits per heavy atom. The van der Waals surface area contributed by atoms with Crippen LogP contribution in [0.15, 0.2) is 45.3 Å². The molecule has 0 bridgehead atoms. The van der Waals surface area contributed by atoms with E-state index in [0.717, 1.165) is 8.95 Å². The van der Waals surface area contributed by atoms with Crippen molar-refractivity contribution in [2.75, 3.05) is 26.4 Å². The zero-order valence-corrected chi connectivity index (χ0v) is 20.2. The third-order valence-corrected chi connectivity index (χ3v) is 7.56. The van der Waals surface area contributed by atoms with Crippen LogP contribution in [0, 0.1) is 10.8 Å². The van der Waals surface area contributed by atoms with Crippen molar-refractivity contribution >= 4 is 37.6 Å². The molecule has 0 radical (unpaired) electrons. The number of phenolic OH excluding ortho intramolecular Hbond substituents is 2. The minimum atomic E-state index is -0.754. The van der Waals surface area contributed by atoms with E-state index >= 15 is 0 Å². The van der Waals surface area contributed by atoms with Crippen LogP contribution in [0.25, 0.3) is 0 Å². The molecule has 0 atom stereocenters. The summed E-state index contributed by atoms with van der Waals surface area (Å²) in [6.07, 6.45) is -0.235. The summed E-state index contributed by atoms with van der Waals surface area (Å²) in [7, 11) is 0. The van der Waals surface area contributed by atoms with Gasteiger partial charge in [0.05, 0.1) is 48.4 Å². The Bertz CT molecular complexity index is 959. The number of carbonyl (C=O) groups is 1. The molecule has 32 heavy (non-hydrogen) atoms. The second-order valence-electron chi connectivity index (χ2n) is 8.70. The van der Waals surface area contributed by atoms with Gasteiger partial charge in [0.25, 0.3) is 0 Å². The summed E-state index contributed by atoms with van der Waals surface area (Å²) in [4.78, 5) is 13.6. The van der Waals surface area contributed by atoms with Gasteiger partial charge in [0.2, 0.25) is 0 Å². The van der Waals surface area contributed by atoms with Gasteiger partial charge in [-0.05, 0) is 49.2 Å². The first-order valence-electron chi connectivity index (χ1n) is 10.3. The van der Waals surface area contributed by atoms with Crippen LogP contribution in [0.5, 0.6) is 11.5 Å². The number of aromatic hydroxyl groups is 2. The Labute approximate surface area is 201 Å². The van der Waals surface area contributed by atoms with Crippen molar-refractivity contribution in [2.45, 2.75) is 25.4 Å². The van der Waals surface area contributed by atoms with Crippen molar-refractivity contribution in [3.63, 3.8) is 0 Å². The molecule has 7 nitrogen and oxygen atoms in total. The molecule has 2 aliphatic heterocycles. The summed E-state index contributed by atoms with van der Waals surface area (Å²) in [6, 6.07) is 10.1. The molecule has 2 saturated heterocycles. The quantitative estimate of drug-likeness (QED) is 0.539. The van der Waals surface area contributed by atoms with E-state index in [1.165, 1.54) is 0 Å². The number of Topliss-reactive ketones (excluding diaryl/α,β-unsaturated/α-hetero) is 1. The topological polar surface area (TPSA) is 94.5 Å². The van der Waals surface area contributed by atoms with Crippen LogP contribution >= 0.6 is 31.9 Å². The largest absolute Gasteiger partial charge is 0.507 e. The maximum atomic E-state index is 13.6. The molecule has 1 aliphatic carbocycles. The summed E-state index contributed by atoms with van der Waals surface area (Å²) < 4.78 is 25.3. The van der Waals surface area contributed by atoms with Crippen molar-refractivity contribution in [1.29, 1.82) is 0 Å². The normalized spacial score (nSPS) is 32.6. The Morgan fingerprint density at radius 3 is 1.47 bits per heavy atom. The van der Waals surface area contributed by atoms with Crippen LogP contribution in [0.1, 0.15) is 36.5 Å². The first kappa shape index (κ1) is 22.3. The van der Waals surface area contributed by atoms with Crippen LogP contribution < -0.4 is 0 Å². The molecule has 2 spiro atoms. The third-order valence-electron chi connectivity index (χ3n) is 6.58. The van der Waals surface area contributed by atoms with E-state index in [4.69, 9.17) is 18.9 Å². The average Bonchev–Trinajstić information content (AvgIpc) is 3.05. The summed E-state index contributed by atoms with van der Waals surface area (Å²) in [6.45, 7) is 0.834. The molecule has 2 aromatic carbocycles. The minimum absolute atomic E-state index is 0.0267. The SMILES string of the molecule is O=C1C2(CCC13COC(c1cc(Br)ccc1O)OC3)COC(c1cc(Br)ccc1O)OC2. The molecular formula is C23H22Br2O7. The lowest BCUT2D eigenvalue weighted by Gasteiger charge is -2.40. The number of phenols is 2. The van der Waals surface area contributed by atoms with Gasteiger partial charge >= 0.3 is 0 Å². The fraction of sp³-hybridized carbons (Fsp3) is 0.435. The molecule has 0 amide bonds. The van der Waals surface area contributed by atoms with Crippen LogP contribution in [0.4, 0.5) is 0 Å². The molecule has 0 unspecified atom stereocenters. The molecule has 5 rings (SSSR count). The first-order chi connectivity index (χ1) is 15.3. The second-order valence-corrected chi connectivity index (χ2v) is 10.5. The number of carbonyl (C=O) groups excluding carboxylic acids is 1. The molecule has 2 N–H and O–H groups in total. The van der Waals surface area contributed by atoms with Gasteiger partial charge in [0, 0.05) is 8.95 Å². The molecule has 170 valence electrons. The number of hydrogen-bond acceptors (Lipinski definition) is 7. The number of benzene rings is 2. The van der Waals surface area contributed by atoms with E-state index in [9.17, 15) is 15.0 Å². The summed E-state index contributed by atoms with van der Waals surface area (Å²) >= 11 is 6.78. The number of rotatable bonds is 2. The van der Waals surface area contributed by atoms with Crippen molar-refractivity contribution in [1.82, 2.24) is 0 Å². The lowest BCUT2D eigenvalue weighted by atomic mass is 9.78. The highest BCUT2D eigenvalue weighted by molar-refractivity contribution is 9.10. The van der Waals surface area contributed by atoms with Gasteiger partial charge in [-0.1, -0.05) is 31.9 Å². The van der Waals surface area contributed by atoms with Crippen molar-refractivity contribution in [3.05, 3.63) is 56.5 Å². The molecule has 3 fully saturated rings. The third kappa shape index (κ3) is 3.78. The second kappa shape index (κ2) is 8.38. The van der Waals surface area contributed by atoms with Crippen molar-refractivity contribution in [2.24, 2.45) is 10.8 Å². The standard InChI is InChI=1S/C23H22Br2O7/c24-13-1-3-17(26)15(7-13)19-29-9-22(10-30-19)5-6-23(21(22)28)11-31-20(32-12-23)16-8-14(25)2-4-18(16)27/h1-4,7-8,19-20,26-27H,5-6,9-12H2.